The lowest BCUT2D eigenvalue weighted by molar-refractivity contribution is 0.0909. The number of nitrogens with one attached hydrogen (secondary N) is 1. The summed E-state index contributed by atoms with van der Waals surface area (Å²) in [6.45, 7) is 0. The van der Waals surface area contributed by atoms with Crippen molar-refractivity contribution in [2.24, 2.45) is 0 Å². The molecule has 1 aliphatic rings. The molecule has 2 rings (SSSR count). The third-order valence-electron chi connectivity index (χ3n) is 3.38. The van der Waals surface area contributed by atoms with E-state index in [1.165, 1.54) is 0 Å². The lowest BCUT2D eigenvalue weighted by atomic mass is 9.99. The molecule has 18 heavy (non-hydrogen) atoms. The molecule has 1 aromatic carbocycles. The van der Waals surface area contributed by atoms with Crippen LogP contribution in [0.4, 0.5) is 0 Å². The predicted molar refractivity (Wildman–Crippen MR) is 75.8 cm³/mol. The maximum Gasteiger partial charge on any atom is 0.254 e. The number of carbonyl (C=O) groups is 1. The molecule has 5 heteroatoms. The van der Waals surface area contributed by atoms with Crippen molar-refractivity contribution in [3.63, 3.8) is 0 Å². The second kappa shape index (κ2) is 5.68. The Morgan fingerprint density at radius 1 is 1.22 bits per heavy atom. The van der Waals surface area contributed by atoms with Crippen LogP contribution in [-0.4, -0.2) is 17.3 Å². The summed E-state index contributed by atoms with van der Waals surface area (Å²) in [4.78, 5) is 12.3. The van der Waals surface area contributed by atoms with Crippen LogP contribution >= 0.6 is 34.8 Å². The van der Waals surface area contributed by atoms with Gasteiger partial charge in [0.1, 0.15) is 0 Å². The molecule has 0 spiro atoms. The smallest absolute Gasteiger partial charge is 0.254 e. The molecule has 0 heterocycles. The molecule has 98 valence electrons. The molecule has 0 atom stereocenters. The standard InChI is InChI=1S/C13H14Cl3NO/c14-8-13(6-1-2-7-13)17-12(18)11-9(15)4-3-5-10(11)16/h3-5H,1-2,6-8H2,(H,17,18). The zero-order valence-electron chi connectivity index (χ0n) is 9.81. The molecule has 0 radical (unpaired) electrons. The molecule has 1 aromatic rings. The van der Waals surface area contributed by atoms with Gasteiger partial charge in [0.15, 0.2) is 0 Å². The highest BCUT2D eigenvalue weighted by atomic mass is 35.5. The zero-order chi connectivity index (χ0) is 13.2. The van der Waals surface area contributed by atoms with Gasteiger partial charge in [0, 0.05) is 5.88 Å². The van der Waals surface area contributed by atoms with Gasteiger partial charge >= 0.3 is 0 Å². The van der Waals surface area contributed by atoms with Crippen LogP contribution in [0, 0.1) is 0 Å². The minimum Gasteiger partial charge on any atom is -0.345 e. The Morgan fingerprint density at radius 3 is 2.28 bits per heavy atom. The third-order valence-corrected chi connectivity index (χ3v) is 4.53. The molecule has 1 fully saturated rings. The number of hydrogen-bond donors (Lipinski definition) is 1. The second-order valence-electron chi connectivity index (χ2n) is 4.67. The summed E-state index contributed by atoms with van der Waals surface area (Å²) >= 11 is 18.0. The normalized spacial score (nSPS) is 17.7. The molecule has 0 aromatic heterocycles. The highest BCUT2D eigenvalue weighted by molar-refractivity contribution is 6.39. The lowest BCUT2D eigenvalue weighted by Crippen LogP contribution is -2.48. The Balaban J connectivity index is 2.22. The number of halogens is 3. The first-order valence-corrected chi connectivity index (χ1v) is 7.19. The van der Waals surface area contributed by atoms with Gasteiger partial charge in [-0.15, -0.1) is 11.6 Å². The van der Waals surface area contributed by atoms with E-state index in [2.05, 4.69) is 5.32 Å². The van der Waals surface area contributed by atoms with Crippen molar-refractivity contribution in [2.75, 3.05) is 5.88 Å². The Hall–Kier alpha value is -0.440. The fourth-order valence-corrected chi connectivity index (χ4v) is 3.27. The molecule has 1 saturated carbocycles. The highest BCUT2D eigenvalue weighted by Gasteiger charge is 2.35. The van der Waals surface area contributed by atoms with E-state index in [0.717, 1.165) is 25.7 Å². The summed E-state index contributed by atoms with van der Waals surface area (Å²) in [5.74, 6) is 0.175. The minimum atomic E-state index is -0.304. The van der Waals surface area contributed by atoms with E-state index in [0.29, 0.717) is 21.5 Å². The number of alkyl halides is 1. The zero-order valence-corrected chi connectivity index (χ0v) is 12.1. The summed E-state index contributed by atoms with van der Waals surface area (Å²) in [6.07, 6.45) is 3.99. The van der Waals surface area contributed by atoms with Gasteiger partial charge in [0.05, 0.1) is 21.1 Å². The van der Waals surface area contributed by atoms with Crippen LogP contribution in [0.25, 0.3) is 0 Å². The fourth-order valence-electron chi connectivity index (χ4n) is 2.36. The van der Waals surface area contributed by atoms with Gasteiger partial charge in [-0.05, 0) is 25.0 Å². The number of amides is 1. The highest BCUT2D eigenvalue weighted by Crippen LogP contribution is 2.32. The van der Waals surface area contributed by atoms with E-state index in [1.807, 2.05) is 0 Å². The van der Waals surface area contributed by atoms with Crippen molar-refractivity contribution in [3.8, 4) is 0 Å². The molecule has 0 bridgehead atoms. The quantitative estimate of drug-likeness (QED) is 0.830. The predicted octanol–water partition coefficient (Wildman–Crippen LogP) is 4.27. The van der Waals surface area contributed by atoms with Gasteiger partial charge in [-0.3, -0.25) is 4.79 Å². The Morgan fingerprint density at radius 2 is 1.78 bits per heavy atom. The van der Waals surface area contributed by atoms with Crippen molar-refractivity contribution in [1.82, 2.24) is 5.32 Å². The summed E-state index contributed by atoms with van der Waals surface area (Å²) < 4.78 is 0. The fraction of sp³-hybridized carbons (Fsp3) is 0.462. The van der Waals surface area contributed by atoms with E-state index in [-0.39, 0.29) is 11.4 Å². The maximum atomic E-state index is 12.3. The van der Waals surface area contributed by atoms with Crippen molar-refractivity contribution in [2.45, 2.75) is 31.2 Å². The van der Waals surface area contributed by atoms with Crippen molar-refractivity contribution < 1.29 is 4.79 Å². The van der Waals surface area contributed by atoms with E-state index < -0.39 is 0 Å². The van der Waals surface area contributed by atoms with Crippen molar-refractivity contribution >= 4 is 40.7 Å². The minimum absolute atomic E-state index is 0.242. The van der Waals surface area contributed by atoms with Gasteiger partial charge in [-0.2, -0.15) is 0 Å². The number of rotatable bonds is 3. The summed E-state index contributed by atoms with van der Waals surface area (Å²) in [5, 5.41) is 3.73. The van der Waals surface area contributed by atoms with Crippen LogP contribution in [0.3, 0.4) is 0 Å². The van der Waals surface area contributed by atoms with Gasteiger partial charge in [-0.1, -0.05) is 42.1 Å². The number of carbonyl (C=O) groups excluding carboxylic acids is 1. The van der Waals surface area contributed by atoms with Gasteiger partial charge in [-0.25, -0.2) is 0 Å². The number of hydrogen-bond acceptors (Lipinski definition) is 1. The SMILES string of the molecule is O=C(NC1(CCl)CCCC1)c1c(Cl)cccc1Cl. The third kappa shape index (κ3) is 2.76. The average molecular weight is 307 g/mol. The van der Waals surface area contributed by atoms with Crippen molar-refractivity contribution in [1.29, 1.82) is 0 Å². The molecule has 0 saturated heterocycles. The number of benzene rings is 1. The van der Waals surface area contributed by atoms with Gasteiger partial charge < -0.3 is 5.32 Å². The molecular weight excluding hydrogens is 293 g/mol. The van der Waals surface area contributed by atoms with E-state index in [1.54, 1.807) is 18.2 Å². The van der Waals surface area contributed by atoms with Crippen LogP contribution in [-0.2, 0) is 0 Å². The van der Waals surface area contributed by atoms with Crippen LogP contribution < -0.4 is 5.32 Å². The summed E-state index contributed by atoms with van der Waals surface area (Å²) in [5.41, 5.74) is 0.0263. The Labute approximate surface area is 122 Å². The molecule has 0 aliphatic heterocycles. The molecule has 1 amide bonds. The van der Waals surface area contributed by atoms with E-state index in [4.69, 9.17) is 34.8 Å². The van der Waals surface area contributed by atoms with Crippen LogP contribution in [0.2, 0.25) is 10.0 Å². The van der Waals surface area contributed by atoms with Gasteiger partial charge in [0.2, 0.25) is 0 Å². The topological polar surface area (TPSA) is 29.1 Å². The van der Waals surface area contributed by atoms with E-state index >= 15 is 0 Å². The molecular formula is C13H14Cl3NO. The molecule has 1 N–H and O–H groups in total. The van der Waals surface area contributed by atoms with Crippen LogP contribution in [0.1, 0.15) is 36.0 Å². The Bertz CT molecular complexity index is 435. The maximum absolute atomic E-state index is 12.3. The monoisotopic (exact) mass is 305 g/mol. The second-order valence-corrected chi connectivity index (χ2v) is 5.75. The van der Waals surface area contributed by atoms with E-state index in [9.17, 15) is 4.79 Å². The first kappa shape index (κ1) is 14.0. The average Bonchev–Trinajstić information content (AvgIpc) is 2.78. The molecule has 0 unspecified atom stereocenters. The largest absolute Gasteiger partial charge is 0.345 e. The Kier molecular flexibility index (Phi) is 4.41. The van der Waals surface area contributed by atoms with Crippen molar-refractivity contribution in [3.05, 3.63) is 33.8 Å². The first-order valence-electron chi connectivity index (χ1n) is 5.90. The lowest BCUT2D eigenvalue weighted by Gasteiger charge is -2.28. The summed E-state index contributed by atoms with van der Waals surface area (Å²) in [6, 6.07) is 5.03. The van der Waals surface area contributed by atoms with Gasteiger partial charge in [0.25, 0.3) is 5.91 Å². The molecule has 2 nitrogen and oxygen atoms in total. The van der Waals surface area contributed by atoms with Crippen LogP contribution in [0.15, 0.2) is 18.2 Å². The molecule has 1 aliphatic carbocycles. The van der Waals surface area contributed by atoms with Crippen LogP contribution in [0.5, 0.6) is 0 Å². The first-order chi connectivity index (χ1) is 8.58. The summed E-state index contributed by atoms with van der Waals surface area (Å²) in [7, 11) is 0.